The van der Waals surface area contributed by atoms with Crippen LogP contribution in [0.1, 0.15) is 12.7 Å². The van der Waals surface area contributed by atoms with Crippen LogP contribution < -0.4 is 0 Å². The summed E-state index contributed by atoms with van der Waals surface area (Å²) in [7, 11) is 0. The molecule has 5 aromatic rings. The Balaban J connectivity index is 1.55. The first kappa shape index (κ1) is 18.2. The number of fused-ring (bicyclic) bond motifs is 1. The highest BCUT2D eigenvalue weighted by molar-refractivity contribution is 5.86. The number of hydrogen-bond donors (Lipinski definition) is 0. The number of hydrogen-bond acceptors (Lipinski definition) is 3. The van der Waals surface area contributed by atoms with E-state index in [0.717, 1.165) is 29.2 Å². The van der Waals surface area contributed by atoms with E-state index in [9.17, 15) is 0 Å². The fourth-order valence-corrected chi connectivity index (χ4v) is 3.61. The van der Waals surface area contributed by atoms with E-state index in [0.29, 0.717) is 5.82 Å². The van der Waals surface area contributed by atoms with E-state index in [1.165, 1.54) is 21.9 Å². The average molecular weight is 387 g/mol. The molecule has 0 aliphatic rings. The predicted molar refractivity (Wildman–Crippen MR) is 123 cm³/mol. The molecule has 0 saturated carbocycles. The van der Waals surface area contributed by atoms with E-state index in [-0.39, 0.29) is 0 Å². The minimum atomic E-state index is 0.713. The molecule has 1 heterocycles. The zero-order valence-corrected chi connectivity index (χ0v) is 16.8. The quantitative estimate of drug-likeness (QED) is 0.349. The smallest absolute Gasteiger partial charge is 0.163 e. The maximum absolute atomic E-state index is 4.81. The number of aromatic nitrogens is 3. The van der Waals surface area contributed by atoms with E-state index < -0.39 is 0 Å². The molecule has 0 spiro atoms. The maximum atomic E-state index is 4.81. The third-order valence-electron chi connectivity index (χ3n) is 5.26. The van der Waals surface area contributed by atoms with Crippen molar-refractivity contribution in [2.75, 3.05) is 0 Å². The second kappa shape index (κ2) is 7.88. The number of aryl methyl sites for hydroxylation is 1. The summed E-state index contributed by atoms with van der Waals surface area (Å²) >= 11 is 0. The van der Waals surface area contributed by atoms with Crippen LogP contribution in [0, 0.1) is 0 Å². The van der Waals surface area contributed by atoms with Crippen molar-refractivity contribution >= 4 is 10.8 Å². The van der Waals surface area contributed by atoms with Crippen molar-refractivity contribution in [3.8, 4) is 33.9 Å². The molecule has 30 heavy (non-hydrogen) atoms. The Labute approximate surface area is 176 Å². The van der Waals surface area contributed by atoms with Crippen LogP contribution in [0.15, 0.2) is 97.1 Å². The van der Waals surface area contributed by atoms with Gasteiger partial charge in [-0.15, -0.1) is 0 Å². The van der Waals surface area contributed by atoms with Gasteiger partial charge >= 0.3 is 0 Å². The van der Waals surface area contributed by atoms with Crippen molar-refractivity contribution in [2.45, 2.75) is 13.3 Å². The van der Waals surface area contributed by atoms with Crippen LogP contribution in [-0.2, 0) is 6.42 Å². The summed E-state index contributed by atoms with van der Waals surface area (Å²) in [5, 5.41) is 2.39. The van der Waals surface area contributed by atoms with Crippen LogP contribution in [0.3, 0.4) is 0 Å². The first-order chi connectivity index (χ1) is 14.8. The molecule has 0 N–H and O–H groups in total. The lowest BCUT2D eigenvalue weighted by Gasteiger charge is -2.08. The molecular weight excluding hydrogens is 366 g/mol. The first-order valence-corrected chi connectivity index (χ1v) is 10.2. The molecule has 1 aromatic heterocycles. The Morgan fingerprint density at radius 3 is 1.80 bits per heavy atom. The standard InChI is InChI=1S/C27H21N3/c1-2-25-28-26(22-15-12-21(13-16-22)19-8-4-3-5-9-19)30-27(29-25)24-17-14-20-10-6-7-11-23(20)18-24/h3-18H,2H2,1H3. The van der Waals surface area contributed by atoms with Gasteiger partial charge in [0, 0.05) is 17.5 Å². The van der Waals surface area contributed by atoms with Crippen LogP contribution >= 0.6 is 0 Å². The molecule has 0 radical (unpaired) electrons. The summed E-state index contributed by atoms with van der Waals surface area (Å²) in [4.78, 5) is 14.2. The minimum Gasteiger partial charge on any atom is -0.213 e. The SMILES string of the molecule is CCc1nc(-c2ccc(-c3ccccc3)cc2)nc(-c2ccc3ccccc3c2)n1. The fourth-order valence-electron chi connectivity index (χ4n) is 3.61. The summed E-state index contributed by atoms with van der Waals surface area (Å²) in [6.07, 6.45) is 0.762. The Kier molecular flexibility index (Phi) is 4.78. The Bertz CT molecular complexity index is 1310. The van der Waals surface area contributed by atoms with Gasteiger partial charge < -0.3 is 0 Å². The average Bonchev–Trinajstić information content (AvgIpc) is 2.84. The maximum Gasteiger partial charge on any atom is 0.163 e. The van der Waals surface area contributed by atoms with Gasteiger partial charge in [-0.05, 0) is 28.0 Å². The number of benzene rings is 4. The highest BCUT2D eigenvalue weighted by Gasteiger charge is 2.10. The van der Waals surface area contributed by atoms with Gasteiger partial charge in [-0.25, -0.2) is 15.0 Å². The largest absolute Gasteiger partial charge is 0.213 e. The third-order valence-corrected chi connectivity index (χ3v) is 5.26. The van der Waals surface area contributed by atoms with Gasteiger partial charge in [0.2, 0.25) is 0 Å². The molecule has 3 nitrogen and oxygen atoms in total. The first-order valence-electron chi connectivity index (χ1n) is 10.2. The fraction of sp³-hybridized carbons (Fsp3) is 0.0741. The zero-order chi connectivity index (χ0) is 20.3. The van der Waals surface area contributed by atoms with Crippen molar-refractivity contribution < 1.29 is 0 Å². The molecule has 0 atom stereocenters. The Morgan fingerprint density at radius 2 is 1.07 bits per heavy atom. The molecule has 0 amide bonds. The molecule has 0 bridgehead atoms. The van der Waals surface area contributed by atoms with Crippen LogP contribution in [-0.4, -0.2) is 15.0 Å². The number of nitrogens with zero attached hydrogens (tertiary/aromatic N) is 3. The van der Waals surface area contributed by atoms with Crippen molar-refractivity contribution in [1.82, 2.24) is 15.0 Å². The van der Waals surface area contributed by atoms with Gasteiger partial charge in [-0.2, -0.15) is 0 Å². The van der Waals surface area contributed by atoms with E-state index in [2.05, 4.69) is 97.9 Å². The van der Waals surface area contributed by atoms with Crippen molar-refractivity contribution in [3.63, 3.8) is 0 Å². The second-order valence-electron chi connectivity index (χ2n) is 7.26. The van der Waals surface area contributed by atoms with Crippen molar-refractivity contribution in [2.24, 2.45) is 0 Å². The van der Waals surface area contributed by atoms with Crippen LogP contribution in [0.2, 0.25) is 0 Å². The van der Waals surface area contributed by atoms with Crippen LogP contribution in [0.25, 0.3) is 44.7 Å². The van der Waals surface area contributed by atoms with E-state index in [1.54, 1.807) is 0 Å². The van der Waals surface area contributed by atoms with E-state index in [1.807, 2.05) is 6.07 Å². The number of rotatable bonds is 4. The van der Waals surface area contributed by atoms with Gasteiger partial charge in [0.25, 0.3) is 0 Å². The summed E-state index contributed by atoms with van der Waals surface area (Å²) in [5.74, 6) is 2.23. The molecule has 3 heteroatoms. The van der Waals surface area contributed by atoms with Gasteiger partial charge in [0.1, 0.15) is 5.82 Å². The lowest BCUT2D eigenvalue weighted by Crippen LogP contribution is -2.02. The lowest BCUT2D eigenvalue weighted by molar-refractivity contribution is 0.910. The molecule has 144 valence electrons. The Hall–Kier alpha value is -3.85. The molecule has 0 aliphatic carbocycles. The van der Waals surface area contributed by atoms with Crippen molar-refractivity contribution in [1.29, 1.82) is 0 Å². The zero-order valence-electron chi connectivity index (χ0n) is 16.8. The normalized spacial score (nSPS) is 11.0. The van der Waals surface area contributed by atoms with Crippen molar-refractivity contribution in [3.05, 3.63) is 103 Å². The summed E-state index contributed by atoms with van der Waals surface area (Å²) < 4.78 is 0. The monoisotopic (exact) mass is 387 g/mol. The van der Waals surface area contributed by atoms with Gasteiger partial charge in [-0.1, -0.05) is 97.9 Å². The minimum absolute atomic E-state index is 0.713. The highest BCUT2D eigenvalue weighted by atomic mass is 15.0. The lowest BCUT2D eigenvalue weighted by atomic mass is 10.0. The Morgan fingerprint density at radius 1 is 0.500 bits per heavy atom. The van der Waals surface area contributed by atoms with Crippen LogP contribution in [0.4, 0.5) is 0 Å². The van der Waals surface area contributed by atoms with Gasteiger partial charge in [-0.3, -0.25) is 0 Å². The molecule has 0 aliphatic heterocycles. The highest BCUT2D eigenvalue weighted by Crippen LogP contribution is 2.26. The predicted octanol–water partition coefficient (Wildman–Crippen LogP) is 6.59. The van der Waals surface area contributed by atoms with Gasteiger partial charge in [0.15, 0.2) is 11.6 Å². The van der Waals surface area contributed by atoms with E-state index in [4.69, 9.17) is 15.0 Å². The summed E-state index contributed by atoms with van der Waals surface area (Å²) in [6.45, 7) is 2.07. The third kappa shape index (κ3) is 3.58. The van der Waals surface area contributed by atoms with Crippen LogP contribution in [0.5, 0.6) is 0 Å². The molecular formula is C27H21N3. The molecule has 4 aromatic carbocycles. The topological polar surface area (TPSA) is 38.7 Å². The molecule has 0 fully saturated rings. The molecule has 5 rings (SSSR count). The van der Waals surface area contributed by atoms with E-state index >= 15 is 0 Å². The summed E-state index contributed by atoms with van der Waals surface area (Å²) in [6, 6.07) is 33.5. The summed E-state index contributed by atoms with van der Waals surface area (Å²) in [5.41, 5.74) is 4.38. The van der Waals surface area contributed by atoms with Gasteiger partial charge in [0.05, 0.1) is 0 Å². The second-order valence-corrected chi connectivity index (χ2v) is 7.26. The molecule has 0 saturated heterocycles. The molecule has 0 unspecified atom stereocenters.